The molecule has 2 fully saturated rings. The van der Waals surface area contributed by atoms with Crippen molar-refractivity contribution < 1.29 is 18.4 Å². The highest BCUT2D eigenvalue weighted by Crippen LogP contribution is 2.38. The van der Waals surface area contributed by atoms with Crippen molar-refractivity contribution >= 4 is 6.03 Å². The molecular weight excluding hydrogens is 327 g/mol. The first-order chi connectivity index (χ1) is 12.2. The fraction of sp³-hybridized carbons (Fsp3) is 0.471. The molecule has 1 N–H and O–H groups in total. The molecule has 0 spiro atoms. The molecule has 0 bridgehead atoms. The van der Waals surface area contributed by atoms with E-state index in [1.54, 1.807) is 17.0 Å². The van der Waals surface area contributed by atoms with E-state index in [2.05, 4.69) is 15.5 Å². The van der Waals surface area contributed by atoms with Gasteiger partial charge in [0.2, 0.25) is 5.89 Å². The van der Waals surface area contributed by atoms with E-state index in [9.17, 15) is 9.18 Å². The molecule has 1 aromatic carbocycles. The van der Waals surface area contributed by atoms with Crippen LogP contribution < -0.4 is 5.32 Å². The fourth-order valence-electron chi connectivity index (χ4n) is 2.90. The largest absolute Gasteiger partial charge is 0.377 e. The van der Waals surface area contributed by atoms with Gasteiger partial charge < -0.3 is 19.5 Å². The van der Waals surface area contributed by atoms with Crippen molar-refractivity contribution in [1.82, 2.24) is 20.4 Å². The number of rotatable bonds is 4. The lowest BCUT2D eigenvalue weighted by Gasteiger charge is -2.35. The number of morpholine rings is 1. The molecule has 1 atom stereocenters. The lowest BCUT2D eigenvalue weighted by Crippen LogP contribution is -2.48. The third-order valence-corrected chi connectivity index (χ3v) is 4.45. The van der Waals surface area contributed by atoms with Gasteiger partial charge in [0.25, 0.3) is 0 Å². The summed E-state index contributed by atoms with van der Waals surface area (Å²) in [6.07, 6.45) is 2.17. The molecule has 2 heterocycles. The number of carbonyl (C=O) groups is 1. The highest BCUT2D eigenvalue weighted by Gasteiger charge is 2.31. The number of hydrogen-bond acceptors (Lipinski definition) is 5. The van der Waals surface area contributed by atoms with Crippen molar-refractivity contribution in [1.29, 1.82) is 0 Å². The minimum Gasteiger partial charge on any atom is -0.377 e. The highest BCUT2D eigenvalue weighted by molar-refractivity contribution is 5.74. The van der Waals surface area contributed by atoms with Gasteiger partial charge in [-0.25, -0.2) is 9.18 Å². The molecule has 1 aliphatic heterocycles. The van der Waals surface area contributed by atoms with E-state index in [4.69, 9.17) is 9.26 Å². The van der Waals surface area contributed by atoms with Gasteiger partial charge in [0.05, 0.1) is 25.8 Å². The summed E-state index contributed by atoms with van der Waals surface area (Å²) in [5, 5.41) is 6.72. The van der Waals surface area contributed by atoms with Crippen LogP contribution in [0.15, 0.2) is 28.8 Å². The molecule has 1 aromatic heterocycles. The van der Waals surface area contributed by atoms with Crippen LogP contribution in [-0.2, 0) is 11.3 Å². The highest BCUT2D eigenvalue weighted by atomic mass is 19.1. The zero-order valence-corrected chi connectivity index (χ0v) is 13.7. The molecule has 2 aliphatic rings. The Morgan fingerprint density at radius 1 is 1.32 bits per heavy atom. The Balaban J connectivity index is 1.40. The predicted octanol–water partition coefficient (Wildman–Crippen LogP) is 2.37. The Hall–Kier alpha value is -2.48. The van der Waals surface area contributed by atoms with Crippen LogP contribution in [0, 0.1) is 5.82 Å². The van der Waals surface area contributed by atoms with Crippen LogP contribution in [0.1, 0.15) is 42.1 Å². The van der Waals surface area contributed by atoms with E-state index in [0.717, 1.165) is 18.4 Å². The maximum Gasteiger partial charge on any atom is 0.318 e. The Morgan fingerprint density at radius 2 is 2.12 bits per heavy atom. The van der Waals surface area contributed by atoms with Crippen molar-refractivity contribution in [2.24, 2.45) is 0 Å². The summed E-state index contributed by atoms with van der Waals surface area (Å²) in [7, 11) is 0. The van der Waals surface area contributed by atoms with Gasteiger partial charge in [0, 0.05) is 12.5 Å². The third-order valence-electron chi connectivity index (χ3n) is 4.45. The van der Waals surface area contributed by atoms with Crippen LogP contribution in [0.5, 0.6) is 0 Å². The monoisotopic (exact) mass is 346 g/mol. The molecule has 0 unspecified atom stereocenters. The van der Waals surface area contributed by atoms with E-state index in [1.807, 2.05) is 0 Å². The normalized spacial score (nSPS) is 20.5. The van der Waals surface area contributed by atoms with Gasteiger partial charge in [-0.05, 0) is 30.5 Å². The summed E-state index contributed by atoms with van der Waals surface area (Å²) in [5.41, 5.74) is 0.840. The number of benzene rings is 1. The van der Waals surface area contributed by atoms with Crippen LogP contribution in [-0.4, -0.2) is 40.8 Å². The summed E-state index contributed by atoms with van der Waals surface area (Å²) in [5.74, 6) is 1.21. The van der Waals surface area contributed by atoms with Gasteiger partial charge >= 0.3 is 6.03 Å². The smallest absolute Gasteiger partial charge is 0.318 e. The maximum absolute atomic E-state index is 13.1. The second kappa shape index (κ2) is 6.79. The van der Waals surface area contributed by atoms with Crippen molar-refractivity contribution in [3.05, 3.63) is 47.4 Å². The van der Waals surface area contributed by atoms with Crippen LogP contribution >= 0.6 is 0 Å². The summed E-state index contributed by atoms with van der Waals surface area (Å²) in [6.45, 7) is 1.53. The summed E-state index contributed by atoms with van der Waals surface area (Å²) in [6, 6.07) is 5.65. The van der Waals surface area contributed by atoms with Crippen molar-refractivity contribution in [2.75, 3.05) is 19.8 Å². The first kappa shape index (κ1) is 16.0. The van der Waals surface area contributed by atoms with Crippen molar-refractivity contribution in [2.45, 2.75) is 31.3 Å². The minimum absolute atomic E-state index is 0.211. The lowest BCUT2D eigenvalue weighted by atomic mass is 10.1. The standard InChI is InChI=1S/C17H19FN4O3/c18-13-5-3-11(4-6-13)14-10-24-8-7-22(14)17(23)19-9-15-20-16(25-21-15)12-1-2-12/h3-6,12,14H,1-2,7-10H2,(H,19,23)/t14-/m1/s1. The molecule has 132 valence electrons. The number of amides is 2. The molecule has 1 saturated carbocycles. The van der Waals surface area contributed by atoms with Crippen LogP contribution in [0.2, 0.25) is 0 Å². The zero-order valence-electron chi connectivity index (χ0n) is 13.7. The first-order valence-corrected chi connectivity index (χ1v) is 8.41. The van der Waals surface area contributed by atoms with Crippen LogP contribution in [0.3, 0.4) is 0 Å². The topological polar surface area (TPSA) is 80.5 Å². The number of ether oxygens (including phenoxy) is 1. The zero-order chi connectivity index (χ0) is 17.2. The molecule has 2 amide bonds. The Kier molecular flexibility index (Phi) is 4.35. The molecule has 1 saturated heterocycles. The van der Waals surface area contributed by atoms with E-state index in [-0.39, 0.29) is 24.4 Å². The van der Waals surface area contributed by atoms with E-state index in [0.29, 0.717) is 37.4 Å². The van der Waals surface area contributed by atoms with Crippen molar-refractivity contribution in [3.63, 3.8) is 0 Å². The molecule has 25 heavy (non-hydrogen) atoms. The number of carbonyl (C=O) groups excluding carboxylic acids is 1. The van der Waals surface area contributed by atoms with Gasteiger partial charge in [0.15, 0.2) is 5.82 Å². The second-order valence-corrected chi connectivity index (χ2v) is 6.32. The number of urea groups is 1. The fourth-order valence-corrected chi connectivity index (χ4v) is 2.90. The molecule has 1 aliphatic carbocycles. The molecule has 4 rings (SSSR count). The molecule has 2 aromatic rings. The van der Waals surface area contributed by atoms with Gasteiger partial charge in [0.1, 0.15) is 5.82 Å². The average molecular weight is 346 g/mol. The van der Waals surface area contributed by atoms with Crippen LogP contribution in [0.4, 0.5) is 9.18 Å². The van der Waals surface area contributed by atoms with Crippen molar-refractivity contribution in [3.8, 4) is 0 Å². The minimum atomic E-state index is -0.306. The van der Waals surface area contributed by atoms with Crippen LogP contribution in [0.25, 0.3) is 0 Å². The Bertz CT molecular complexity index is 745. The summed E-state index contributed by atoms with van der Waals surface area (Å²) >= 11 is 0. The number of hydrogen-bond donors (Lipinski definition) is 1. The molecule has 0 radical (unpaired) electrons. The number of halogens is 1. The number of nitrogens with one attached hydrogen (secondary N) is 1. The first-order valence-electron chi connectivity index (χ1n) is 8.41. The maximum atomic E-state index is 13.1. The third kappa shape index (κ3) is 3.63. The summed E-state index contributed by atoms with van der Waals surface area (Å²) < 4.78 is 23.8. The second-order valence-electron chi connectivity index (χ2n) is 6.32. The molecule has 7 nitrogen and oxygen atoms in total. The van der Waals surface area contributed by atoms with E-state index >= 15 is 0 Å². The lowest BCUT2D eigenvalue weighted by molar-refractivity contribution is 0.0115. The van der Waals surface area contributed by atoms with E-state index in [1.165, 1.54) is 12.1 Å². The van der Waals surface area contributed by atoms with Gasteiger partial charge in [-0.1, -0.05) is 17.3 Å². The number of nitrogens with zero attached hydrogens (tertiary/aromatic N) is 3. The average Bonchev–Trinajstić information content (AvgIpc) is 3.39. The van der Waals surface area contributed by atoms with E-state index < -0.39 is 0 Å². The quantitative estimate of drug-likeness (QED) is 0.919. The SMILES string of the molecule is O=C(NCc1noc(C2CC2)n1)N1CCOC[C@@H]1c1ccc(F)cc1. The molecule has 8 heteroatoms. The predicted molar refractivity (Wildman–Crippen MR) is 85.2 cm³/mol. The summed E-state index contributed by atoms with van der Waals surface area (Å²) in [4.78, 5) is 18.6. The number of aromatic nitrogens is 2. The van der Waals surface area contributed by atoms with Gasteiger partial charge in [-0.3, -0.25) is 0 Å². The van der Waals surface area contributed by atoms with Gasteiger partial charge in [-0.2, -0.15) is 4.98 Å². The Morgan fingerprint density at radius 3 is 2.88 bits per heavy atom. The van der Waals surface area contributed by atoms with Gasteiger partial charge in [-0.15, -0.1) is 0 Å². The Labute approximate surface area is 144 Å². The molecular formula is C17H19FN4O3.